The molecule has 0 saturated carbocycles. The van der Waals surface area contributed by atoms with Gasteiger partial charge >= 0.3 is 0 Å². The number of benzene rings is 2. The van der Waals surface area contributed by atoms with Crippen LogP contribution in [0, 0.1) is 5.82 Å². The second-order valence-corrected chi connectivity index (χ2v) is 7.19. The van der Waals surface area contributed by atoms with E-state index in [1.54, 1.807) is 19.2 Å². The molecule has 0 saturated heterocycles. The number of thioether (sulfide) groups is 1. The molecule has 3 N–H and O–H groups in total. The van der Waals surface area contributed by atoms with Gasteiger partial charge in [-0.3, -0.25) is 0 Å². The average molecular weight is 418 g/mol. The van der Waals surface area contributed by atoms with Crippen LogP contribution in [0.4, 0.5) is 15.8 Å². The summed E-state index contributed by atoms with van der Waals surface area (Å²) in [4.78, 5) is 0. The monoisotopic (exact) mass is 417 g/mol. The number of hydrogen-bond acceptors (Lipinski definition) is 7. The molecule has 0 aliphatic rings. The molecule has 1 unspecified atom stereocenters. The van der Waals surface area contributed by atoms with Crippen LogP contribution in [0.3, 0.4) is 0 Å². The molecule has 3 rings (SSSR count). The lowest BCUT2D eigenvalue weighted by atomic mass is 10.3. The minimum atomic E-state index is -0.740. The van der Waals surface area contributed by atoms with Crippen LogP contribution in [0.25, 0.3) is 0 Å². The van der Waals surface area contributed by atoms with Gasteiger partial charge in [-0.2, -0.15) is 0 Å². The Morgan fingerprint density at radius 3 is 2.45 bits per heavy atom. The van der Waals surface area contributed by atoms with Crippen molar-refractivity contribution >= 4 is 23.1 Å². The van der Waals surface area contributed by atoms with Crippen molar-refractivity contribution in [1.82, 2.24) is 14.8 Å². The molecule has 0 amide bonds. The van der Waals surface area contributed by atoms with Crippen LogP contribution in [0.2, 0.25) is 0 Å². The second kappa shape index (κ2) is 10.1. The maximum atomic E-state index is 13.0. The molecule has 1 heterocycles. The number of aliphatic hydroxyl groups is 1. The third-order valence-corrected chi connectivity index (χ3v) is 5.24. The van der Waals surface area contributed by atoms with E-state index in [0.717, 1.165) is 28.1 Å². The number of anilines is 2. The third kappa shape index (κ3) is 5.85. The van der Waals surface area contributed by atoms with Crippen molar-refractivity contribution < 1.29 is 14.2 Å². The molecule has 9 heteroatoms. The smallest absolute Gasteiger partial charge is 0.191 e. The zero-order chi connectivity index (χ0) is 20.6. The van der Waals surface area contributed by atoms with E-state index in [9.17, 15) is 9.50 Å². The lowest BCUT2D eigenvalue weighted by molar-refractivity contribution is 0.229. The Hall–Kier alpha value is -2.78. The molecule has 1 atom stereocenters. The van der Waals surface area contributed by atoms with Crippen LogP contribution >= 0.6 is 11.8 Å². The highest BCUT2D eigenvalue weighted by molar-refractivity contribution is 7.99. The Morgan fingerprint density at radius 1 is 1.10 bits per heavy atom. The summed E-state index contributed by atoms with van der Waals surface area (Å²) >= 11 is 1.43. The summed E-state index contributed by atoms with van der Waals surface area (Å²) in [6, 6.07) is 13.5. The Balaban J connectivity index is 1.54. The van der Waals surface area contributed by atoms with Gasteiger partial charge in [0.25, 0.3) is 0 Å². The Bertz CT molecular complexity index is 902. The standard InChI is InChI=1S/C20H24FN5O2S/c1-3-26-18(12-22-15-6-4-14(21)5-7-15)24-25-20(26)29-13-19(27)23-16-8-10-17(28-2)11-9-16/h4-11,19,22-23,27H,3,12-13H2,1-2H3. The van der Waals surface area contributed by atoms with Gasteiger partial charge in [-0.25, -0.2) is 4.39 Å². The van der Waals surface area contributed by atoms with Gasteiger partial charge in [-0.05, 0) is 55.5 Å². The average Bonchev–Trinajstić information content (AvgIpc) is 3.14. The van der Waals surface area contributed by atoms with E-state index >= 15 is 0 Å². The quantitative estimate of drug-likeness (QED) is 0.343. The minimum absolute atomic E-state index is 0.271. The fourth-order valence-corrected chi connectivity index (χ4v) is 3.58. The van der Waals surface area contributed by atoms with Crippen LogP contribution in [-0.2, 0) is 13.1 Å². The zero-order valence-corrected chi connectivity index (χ0v) is 17.1. The third-order valence-electron chi connectivity index (χ3n) is 4.20. The first-order valence-corrected chi connectivity index (χ1v) is 10.2. The number of nitrogens with zero attached hydrogens (tertiary/aromatic N) is 3. The first-order chi connectivity index (χ1) is 14.1. The van der Waals surface area contributed by atoms with Crippen molar-refractivity contribution in [1.29, 1.82) is 0 Å². The summed E-state index contributed by atoms with van der Waals surface area (Å²) in [6.07, 6.45) is -0.740. The summed E-state index contributed by atoms with van der Waals surface area (Å²) in [7, 11) is 1.61. The van der Waals surface area contributed by atoms with Gasteiger partial charge in [0.05, 0.1) is 13.7 Å². The number of hydrogen-bond donors (Lipinski definition) is 3. The first-order valence-electron chi connectivity index (χ1n) is 9.22. The van der Waals surface area contributed by atoms with Crippen LogP contribution in [0.1, 0.15) is 12.7 Å². The largest absolute Gasteiger partial charge is 0.497 e. The van der Waals surface area contributed by atoms with Crippen LogP contribution < -0.4 is 15.4 Å². The van der Waals surface area contributed by atoms with Crippen LogP contribution in [-0.4, -0.2) is 39.0 Å². The van der Waals surface area contributed by atoms with E-state index in [-0.39, 0.29) is 5.82 Å². The van der Waals surface area contributed by atoms with E-state index in [4.69, 9.17) is 4.74 Å². The van der Waals surface area contributed by atoms with Gasteiger partial charge in [-0.15, -0.1) is 10.2 Å². The molecule has 7 nitrogen and oxygen atoms in total. The Kier molecular flexibility index (Phi) is 7.31. The van der Waals surface area contributed by atoms with E-state index in [0.29, 0.717) is 18.8 Å². The molecule has 2 aromatic carbocycles. The normalized spacial score (nSPS) is 11.9. The molecule has 29 heavy (non-hydrogen) atoms. The van der Waals surface area contributed by atoms with Crippen molar-refractivity contribution in [3.8, 4) is 5.75 Å². The maximum Gasteiger partial charge on any atom is 0.191 e. The van der Waals surface area contributed by atoms with Crippen molar-refractivity contribution in [2.75, 3.05) is 23.5 Å². The topological polar surface area (TPSA) is 84.2 Å². The molecule has 3 aromatic rings. The summed E-state index contributed by atoms with van der Waals surface area (Å²) in [5.41, 5.74) is 1.62. The highest BCUT2D eigenvalue weighted by atomic mass is 32.2. The summed E-state index contributed by atoms with van der Waals surface area (Å²) in [5, 5.41) is 25.7. The summed E-state index contributed by atoms with van der Waals surface area (Å²) in [6.45, 7) is 3.19. The Morgan fingerprint density at radius 2 is 1.79 bits per heavy atom. The summed E-state index contributed by atoms with van der Waals surface area (Å²) < 4.78 is 20.1. The van der Waals surface area contributed by atoms with Gasteiger partial charge < -0.3 is 25.0 Å². The second-order valence-electron chi connectivity index (χ2n) is 6.20. The van der Waals surface area contributed by atoms with Gasteiger partial charge in [0.15, 0.2) is 11.0 Å². The molecule has 0 fully saturated rings. The molecule has 0 aliphatic carbocycles. The predicted octanol–water partition coefficient (Wildman–Crippen LogP) is 3.58. The summed E-state index contributed by atoms with van der Waals surface area (Å²) in [5.74, 6) is 1.68. The van der Waals surface area contributed by atoms with Gasteiger partial charge in [0.2, 0.25) is 0 Å². The number of halogens is 1. The number of methoxy groups -OCH3 is 1. The molecule has 0 aliphatic heterocycles. The molecule has 0 bridgehead atoms. The highest BCUT2D eigenvalue weighted by Crippen LogP contribution is 2.21. The van der Waals surface area contributed by atoms with Crippen LogP contribution in [0.5, 0.6) is 5.75 Å². The zero-order valence-electron chi connectivity index (χ0n) is 16.3. The van der Waals surface area contributed by atoms with Crippen molar-refractivity contribution in [3.63, 3.8) is 0 Å². The number of ether oxygens (including phenoxy) is 1. The SMILES string of the molecule is CCn1c(CNc2ccc(F)cc2)nnc1SCC(O)Nc1ccc(OC)cc1. The van der Waals surface area contributed by atoms with Gasteiger partial charge in [0.1, 0.15) is 17.8 Å². The number of aliphatic hydroxyl groups excluding tert-OH is 1. The van der Waals surface area contributed by atoms with E-state index in [1.165, 1.54) is 23.9 Å². The van der Waals surface area contributed by atoms with E-state index in [1.807, 2.05) is 35.8 Å². The molecular formula is C20H24FN5O2S. The van der Waals surface area contributed by atoms with E-state index < -0.39 is 6.23 Å². The molecular weight excluding hydrogens is 393 g/mol. The lowest BCUT2D eigenvalue weighted by Gasteiger charge is -2.14. The fraction of sp³-hybridized carbons (Fsp3) is 0.300. The van der Waals surface area contributed by atoms with Crippen molar-refractivity contribution in [3.05, 3.63) is 60.2 Å². The highest BCUT2D eigenvalue weighted by Gasteiger charge is 2.13. The molecule has 0 radical (unpaired) electrons. The first kappa shape index (κ1) is 20.9. The van der Waals surface area contributed by atoms with Crippen molar-refractivity contribution in [2.24, 2.45) is 0 Å². The van der Waals surface area contributed by atoms with E-state index in [2.05, 4.69) is 20.8 Å². The lowest BCUT2D eigenvalue weighted by Crippen LogP contribution is -2.21. The molecule has 1 aromatic heterocycles. The number of nitrogens with one attached hydrogen (secondary N) is 2. The Labute approximate surface area is 173 Å². The number of aromatic nitrogens is 3. The van der Waals surface area contributed by atoms with Crippen LogP contribution in [0.15, 0.2) is 53.7 Å². The maximum absolute atomic E-state index is 13.0. The molecule has 0 spiro atoms. The molecule has 154 valence electrons. The van der Waals surface area contributed by atoms with Gasteiger partial charge in [0, 0.05) is 23.7 Å². The fourth-order valence-electron chi connectivity index (χ4n) is 2.70. The minimum Gasteiger partial charge on any atom is -0.497 e. The predicted molar refractivity (Wildman–Crippen MR) is 113 cm³/mol. The van der Waals surface area contributed by atoms with Gasteiger partial charge in [-0.1, -0.05) is 11.8 Å². The van der Waals surface area contributed by atoms with Crippen molar-refractivity contribution in [2.45, 2.75) is 31.4 Å². The number of rotatable bonds is 10.